The number of aryl methyl sites for hydroxylation is 1. The van der Waals surface area contributed by atoms with E-state index in [0.29, 0.717) is 18.7 Å². The van der Waals surface area contributed by atoms with E-state index in [1.807, 2.05) is 30.4 Å². The predicted octanol–water partition coefficient (Wildman–Crippen LogP) is 0.829. The number of aromatic nitrogens is 2. The molecule has 2 aromatic rings. The van der Waals surface area contributed by atoms with E-state index in [2.05, 4.69) is 32.1 Å². The average molecular weight is 403 g/mol. The smallest absolute Gasteiger partial charge is 0.270 e. The molecule has 30 heavy (non-hydrogen) atoms. The Kier molecular flexibility index (Phi) is 5.41. The van der Waals surface area contributed by atoms with E-state index in [-0.39, 0.29) is 29.2 Å². The van der Waals surface area contributed by atoms with Crippen molar-refractivity contribution in [2.24, 2.45) is 0 Å². The standard InChI is InChI=1S/C21H21N7O2/c1-28-11-14(10-26-28)9-23-20(29)18-7-19(25-12-24-18)21(30)27-17-5-3-15-6-13(8-22)2-4-16(15)17/h2,4,6-7,11-12,17,26H,3,5,9-10H2,1H3,(H,23,29)(H,27,30)/t17-/m1/s1. The van der Waals surface area contributed by atoms with E-state index in [1.165, 1.54) is 12.4 Å². The highest BCUT2D eigenvalue weighted by Gasteiger charge is 2.25. The second-order valence-corrected chi connectivity index (χ2v) is 7.29. The molecule has 2 heterocycles. The number of hydrogen-bond donors (Lipinski definition) is 3. The summed E-state index contributed by atoms with van der Waals surface area (Å²) in [7, 11) is 1.88. The van der Waals surface area contributed by atoms with Gasteiger partial charge in [-0.25, -0.2) is 15.4 Å². The van der Waals surface area contributed by atoms with Crippen molar-refractivity contribution in [1.29, 1.82) is 5.26 Å². The van der Waals surface area contributed by atoms with Gasteiger partial charge in [-0.05, 0) is 41.7 Å². The van der Waals surface area contributed by atoms with Crippen LogP contribution in [-0.2, 0) is 6.42 Å². The van der Waals surface area contributed by atoms with Crippen molar-refractivity contribution in [3.8, 4) is 6.07 Å². The van der Waals surface area contributed by atoms with Crippen molar-refractivity contribution < 1.29 is 9.59 Å². The van der Waals surface area contributed by atoms with Crippen molar-refractivity contribution in [1.82, 2.24) is 31.0 Å². The monoisotopic (exact) mass is 403 g/mol. The summed E-state index contributed by atoms with van der Waals surface area (Å²) in [5, 5.41) is 16.6. The maximum Gasteiger partial charge on any atom is 0.270 e. The van der Waals surface area contributed by atoms with Gasteiger partial charge in [0.2, 0.25) is 0 Å². The number of fused-ring (bicyclic) bond motifs is 1. The molecule has 0 saturated heterocycles. The van der Waals surface area contributed by atoms with Gasteiger partial charge in [0.15, 0.2) is 0 Å². The second kappa shape index (κ2) is 8.31. The maximum atomic E-state index is 12.7. The molecule has 0 bridgehead atoms. The Hall–Kier alpha value is -3.77. The Morgan fingerprint density at radius 1 is 1.27 bits per heavy atom. The van der Waals surface area contributed by atoms with Crippen LogP contribution in [0, 0.1) is 11.3 Å². The lowest BCUT2D eigenvalue weighted by atomic mass is 10.1. The molecular weight excluding hydrogens is 382 g/mol. The number of amides is 2. The van der Waals surface area contributed by atoms with Crippen LogP contribution < -0.4 is 16.1 Å². The summed E-state index contributed by atoms with van der Waals surface area (Å²) in [5.41, 5.74) is 7.11. The third-order valence-electron chi connectivity index (χ3n) is 5.20. The number of hydrogen-bond acceptors (Lipinski definition) is 7. The molecular formula is C21H21N7O2. The molecule has 9 heteroatoms. The Morgan fingerprint density at radius 2 is 2.07 bits per heavy atom. The minimum absolute atomic E-state index is 0.138. The van der Waals surface area contributed by atoms with Crippen molar-refractivity contribution in [2.75, 3.05) is 20.1 Å². The van der Waals surface area contributed by atoms with Crippen molar-refractivity contribution in [2.45, 2.75) is 18.9 Å². The molecule has 1 aromatic heterocycles. The molecule has 1 aliphatic heterocycles. The summed E-state index contributed by atoms with van der Waals surface area (Å²) in [6.07, 6.45) is 4.69. The van der Waals surface area contributed by atoms with E-state index in [0.717, 1.165) is 29.5 Å². The normalized spacial score (nSPS) is 17.1. The first kappa shape index (κ1) is 19.5. The fourth-order valence-corrected chi connectivity index (χ4v) is 3.66. The molecule has 2 amide bonds. The van der Waals surface area contributed by atoms with Gasteiger partial charge in [-0.15, -0.1) is 0 Å². The Labute approximate surface area is 173 Å². The van der Waals surface area contributed by atoms with Gasteiger partial charge >= 0.3 is 0 Å². The first-order chi connectivity index (χ1) is 14.5. The molecule has 4 rings (SSSR count). The number of hydrazine groups is 1. The van der Waals surface area contributed by atoms with Crippen LogP contribution in [0.4, 0.5) is 0 Å². The fraction of sp³-hybridized carbons (Fsp3) is 0.286. The molecule has 0 saturated carbocycles. The van der Waals surface area contributed by atoms with Crippen LogP contribution in [0.25, 0.3) is 0 Å². The summed E-state index contributed by atoms with van der Waals surface area (Å²) >= 11 is 0. The molecule has 1 aromatic carbocycles. The van der Waals surface area contributed by atoms with Crippen LogP contribution in [0.1, 0.15) is 50.1 Å². The van der Waals surface area contributed by atoms with Crippen molar-refractivity contribution in [3.63, 3.8) is 0 Å². The van der Waals surface area contributed by atoms with E-state index in [9.17, 15) is 9.59 Å². The van der Waals surface area contributed by atoms with Gasteiger partial charge in [0.05, 0.1) is 17.7 Å². The molecule has 0 fully saturated rings. The lowest BCUT2D eigenvalue weighted by Crippen LogP contribution is -2.30. The molecule has 1 atom stereocenters. The highest BCUT2D eigenvalue weighted by Crippen LogP contribution is 2.31. The summed E-state index contributed by atoms with van der Waals surface area (Å²) in [6, 6.07) is 8.88. The lowest BCUT2D eigenvalue weighted by Gasteiger charge is -2.14. The topological polar surface area (TPSA) is 123 Å². The van der Waals surface area contributed by atoms with Crippen molar-refractivity contribution >= 4 is 11.8 Å². The van der Waals surface area contributed by atoms with Gasteiger partial charge < -0.3 is 15.6 Å². The molecule has 3 N–H and O–H groups in total. The van der Waals surface area contributed by atoms with Crippen LogP contribution in [0.3, 0.4) is 0 Å². The first-order valence-electron chi connectivity index (χ1n) is 9.63. The van der Waals surface area contributed by atoms with Crippen LogP contribution in [0.15, 0.2) is 42.4 Å². The summed E-state index contributed by atoms with van der Waals surface area (Å²) in [6.45, 7) is 1.07. The highest BCUT2D eigenvalue weighted by atomic mass is 16.2. The van der Waals surface area contributed by atoms with Gasteiger partial charge in [-0.3, -0.25) is 9.59 Å². The largest absolute Gasteiger partial charge is 0.347 e. The Bertz CT molecular complexity index is 1070. The lowest BCUT2D eigenvalue weighted by molar-refractivity contribution is 0.0931. The fourth-order valence-electron chi connectivity index (χ4n) is 3.66. The first-order valence-corrected chi connectivity index (χ1v) is 9.63. The zero-order valence-electron chi connectivity index (χ0n) is 16.5. The summed E-state index contributed by atoms with van der Waals surface area (Å²) in [5.74, 6) is -0.727. The van der Waals surface area contributed by atoms with Crippen LogP contribution in [0.2, 0.25) is 0 Å². The summed E-state index contributed by atoms with van der Waals surface area (Å²) < 4.78 is 0. The molecule has 2 aliphatic rings. The highest BCUT2D eigenvalue weighted by molar-refractivity contribution is 5.97. The molecule has 0 unspecified atom stereocenters. The summed E-state index contributed by atoms with van der Waals surface area (Å²) in [4.78, 5) is 33.1. The van der Waals surface area contributed by atoms with E-state index in [1.54, 1.807) is 6.07 Å². The second-order valence-electron chi connectivity index (χ2n) is 7.29. The average Bonchev–Trinajstić information content (AvgIpc) is 3.37. The SMILES string of the molecule is CN1C=C(CNC(=O)c2cc(C(=O)N[C@@H]3CCc4cc(C#N)ccc43)ncn2)CN1. The van der Waals surface area contributed by atoms with Crippen LogP contribution >= 0.6 is 0 Å². The van der Waals surface area contributed by atoms with Gasteiger partial charge in [0, 0.05) is 32.4 Å². The number of nitrogens with one attached hydrogen (secondary N) is 3. The minimum Gasteiger partial charge on any atom is -0.347 e. The molecule has 0 spiro atoms. The van der Waals surface area contributed by atoms with E-state index < -0.39 is 0 Å². The van der Waals surface area contributed by atoms with Crippen LogP contribution in [-0.4, -0.2) is 46.9 Å². The maximum absolute atomic E-state index is 12.7. The number of rotatable bonds is 5. The van der Waals surface area contributed by atoms with Gasteiger partial charge in [0.25, 0.3) is 11.8 Å². The van der Waals surface area contributed by atoms with Crippen LogP contribution in [0.5, 0.6) is 0 Å². The van der Waals surface area contributed by atoms with Gasteiger partial charge in [-0.1, -0.05) is 6.07 Å². The van der Waals surface area contributed by atoms with E-state index in [4.69, 9.17) is 5.26 Å². The number of nitrogens with zero attached hydrogens (tertiary/aromatic N) is 4. The Balaban J connectivity index is 1.40. The minimum atomic E-state index is -0.364. The van der Waals surface area contributed by atoms with Crippen molar-refractivity contribution in [3.05, 3.63) is 70.4 Å². The Morgan fingerprint density at radius 3 is 2.80 bits per heavy atom. The number of carbonyl (C=O) groups is 2. The predicted molar refractivity (Wildman–Crippen MR) is 108 cm³/mol. The molecule has 0 radical (unpaired) electrons. The number of carbonyl (C=O) groups excluding carboxylic acids is 2. The zero-order chi connectivity index (χ0) is 21.1. The zero-order valence-corrected chi connectivity index (χ0v) is 16.5. The van der Waals surface area contributed by atoms with Gasteiger partial charge in [-0.2, -0.15) is 5.26 Å². The number of benzene rings is 1. The van der Waals surface area contributed by atoms with Gasteiger partial charge in [0.1, 0.15) is 17.7 Å². The quantitative estimate of drug-likeness (QED) is 0.676. The third-order valence-corrected chi connectivity index (χ3v) is 5.20. The van der Waals surface area contributed by atoms with E-state index >= 15 is 0 Å². The molecule has 152 valence electrons. The molecule has 9 nitrogen and oxygen atoms in total. The number of nitriles is 1. The third kappa shape index (κ3) is 4.14. The molecule has 1 aliphatic carbocycles.